The first-order valence-electron chi connectivity index (χ1n) is 7.83. The minimum atomic E-state index is -1.32. The largest absolute Gasteiger partial charge is 0.441 e. The number of hydrogen-bond acceptors (Lipinski definition) is 4. The molecule has 1 amide bonds. The molecule has 0 aliphatic carbocycles. The van der Waals surface area contributed by atoms with Gasteiger partial charge in [0.2, 0.25) is 11.8 Å². The van der Waals surface area contributed by atoms with E-state index in [4.69, 9.17) is 16.0 Å². The van der Waals surface area contributed by atoms with E-state index < -0.39 is 10.8 Å². The number of oxazole rings is 1. The zero-order valence-corrected chi connectivity index (χ0v) is 15.4. The summed E-state index contributed by atoms with van der Waals surface area (Å²) in [6.07, 6.45) is 1.93. The number of carbonyl (C=O) groups excluding carboxylic acids is 1. The summed E-state index contributed by atoms with van der Waals surface area (Å²) >= 11 is 5.87. The fourth-order valence-corrected chi connectivity index (χ4v) is 3.28. The van der Waals surface area contributed by atoms with Crippen LogP contribution in [0.5, 0.6) is 0 Å². The van der Waals surface area contributed by atoms with E-state index in [1.165, 1.54) is 0 Å². The summed E-state index contributed by atoms with van der Waals surface area (Å²) in [5.74, 6) is 1.06. The van der Waals surface area contributed by atoms with Gasteiger partial charge in [0.15, 0.2) is 0 Å². The van der Waals surface area contributed by atoms with Gasteiger partial charge < -0.3 is 9.73 Å². The van der Waals surface area contributed by atoms with Crippen LogP contribution >= 0.6 is 11.6 Å². The van der Waals surface area contributed by atoms with E-state index in [-0.39, 0.29) is 17.4 Å². The fraction of sp³-hybridized carbons (Fsp3) is 0.412. The molecule has 7 heteroatoms. The van der Waals surface area contributed by atoms with Crippen molar-refractivity contribution in [1.29, 1.82) is 0 Å². The van der Waals surface area contributed by atoms with Gasteiger partial charge in [0.25, 0.3) is 0 Å². The van der Waals surface area contributed by atoms with Crippen LogP contribution in [-0.4, -0.2) is 27.4 Å². The molecule has 0 spiro atoms. The van der Waals surface area contributed by atoms with E-state index >= 15 is 0 Å². The Labute approximate surface area is 149 Å². The monoisotopic (exact) mass is 368 g/mol. The SMILES string of the molecule is CCCCNC(=O)C[S@](=O)Cc1nc(-c2ccc(Cl)cc2)oc1C. The molecule has 0 aliphatic heterocycles. The van der Waals surface area contributed by atoms with Crippen molar-refractivity contribution in [2.24, 2.45) is 0 Å². The number of aryl methyl sites for hydroxylation is 1. The molecule has 0 saturated carbocycles. The number of amides is 1. The Morgan fingerprint density at radius 2 is 2.04 bits per heavy atom. The Balaban J connectivity index is 1.96. The summed E-state index contributed by atoms with van der Waals surface area (Å²) in [5.41, 5.74) is 1.41. The van der Waals surface area contributed by atoms with E-state index in [2.05, 4.69) is 17.2 Å². The average molecular weight is 369 g/mol. The van der Waals surface area contributed by atoms with Crippen molar-refractivity contribution < 1.29 is 13.4 Å². The Hall–Kier alpha value is -1.66. The standard InChI is InChI=1S/C17H21ClN2O3S/c1-3-4-9-19-16(21)11-24(22)10-15-12(2)23-17(20-15)13-5-7-14(18)8-6-13/h5-8H,3-4,9-11H2,1-2H3,(H,19,21)/t24-/m1/s1. The maximum Gasteiger partial charge on any atom is 0.232 e. The molecular weight excluding hydrogens is 348 g/mol. The number of hydrogen-bond donors (Lipinski definition) is 1. The normalized spacial score (nSPS) is 12.1. The van der Waals surface area contributed by atoms with Crippen molar-refractivity contribution in [3.8, 4) is 11.5 Å². The number of halogens is 1. The molecular formula is C17H21ClN2O3S. The molecule has 1 atom stereocenters. The second-order valence-electron chi connectivity index (χ2n) is 5.46. The first-order valence-corrected chi connectivity index (χ1v) is 9.70. The van der Waals surface area contributed by atoms with Gasteiger partial charge >= 0.3 is 0 Å². The molecule has 130 valence electrons. The van der Waals surface area contributed by atoms with E-state index in [9.17, 15) is 9.00 Å². The Morgan fingerprint density at radius 3 is 2.71 bits per heavy atom. The quantitative estimate of drug-likeness (QED) is 0.724. The molecule has 0 saturated heterocycles. The van der Waals surface area contributed by atoms with Gasteiger partial charge in [0, 0.05) is 27.9 Å². The molecule has 0 bridgehead atoms. The van der Waals surface area contributed by atoms with Crippen LogP contribution in [0.1, 0.15) is 31.2 Å². The van der Waals surface area contributed by atoms with Crippen molar-refractivity contribution in [2.45, 2.75) is 32.4 Å². The zero-order valence-electron chi connectivity index (χ0n) is 13.8. The molecule has 24 heavy (non-hydrogen) atoms. The first-order chi connectivity index (χ1) is 11.5. The van der Waals surface area contributed by atoms with Gasteiger partial charge in [-0.2, -0.15) is 0 Å². The third-order valence-corrected chi connectivity index (χ3v) is 4.86. The number of nitrogens with zero attached hydrogens (tertiary/aromatic N) is 1. The van der Waals surface area contributed by atoms with Crippen LogP contribution in [0.3, 0.4) is 0 Å². The lowest BCUT2D eigenvalue weighted by Crippen LogP contribution is -2.29. The highest BCUT2D eigenvalue weighted by atomic mass is 35.5. The molecule has 1 heterocycles. The van der Waals surface area contributed by atoms with Gasteiger partial charge in [0.05, 0.1) is 11.4 Å². The molecule has 0 fully saturated rings. The van der Waals surface area contributed by atoms with Crippen molar-refractivity contribution in [2.75, 3.05) is 12.3 Å². The van der Waals surface area contributed by atoms with Crippen LogP contribution in [0.2, 0.25) is 5.02 Å². The molecule has 1 N–H and O–H groups in total. The number of benzene rings is 1. The van der Waals surface area contributed by atoms with Crippen LogP contribution in [0.4, 0.5) is 0 Å². The van der Waals surface area contributed by atoms with Crippen LogP contribution < -0.4 is 5.32 Å². The Bertz CT molecular complexity index is 713. The van der Waals surface area contributed by atoms with Gasteiger partial charge in [-0.05, 0) is 37.6 Å². The summed E-state index contributed by atoms with van der Waals surface area (Å²) < 4.78 is 17.8. The minimum Gasteiger partial charge on any atom is -0.441 e. The smallest absolute Gasteiger partial charge is 0.232 e. The third-order valence-electron chi connectivity index (χ3n) is 3.43. The van der Waals surface area contributed by atoms with Gasteiger partial charge in [-0.15, -0.1) is 0 Å². The summed E-state index contributed by atoms with van der Waals surface area (Å²) in [6.45, 7) is 4.45. The Morgan fingerprint density at radius 1 is 1.33 bits per heavy atom. The Kier molecular flexibility index (Phi) is 6.99. The predicted octanol–water partition coefficient (Wildman–Crippen LogP) is 3.47. The lowest BCUT2D eigenvalue weighted by Gasteiger charge is -2.03. The highest BCUT2D eigenvalue weighted by molar-refractivity contribution is 7.84. The summed E-state index contributed by atoms with van der Waals surface area (Å²) in [4.78, 5) is 16.1. The highest BCUT2D eigenvalue weighted by Gasteiger charge is 2.16. The summed E-state index contributed by atoms with van der Waals surface area (Å²) in [6, 6.07) is 7.15. The lowest BCUT2D eigenvalue weighted by molar-refractivity contribution is -0.118. The maximum atomic E-state index is 12.1. The molecule has 1 aromatic heterocycles. The molecule has 0 aliphatic rings. The molecule has 2 rings (SSSR count). The second-order valence-corrected chi connectivity index (χ2v) is 7.35. The van der Waals surface area contributed by atoms with E-state index in [1.807, 2.05) is 12.1 Å². The average Bonchev–Trinajstić information content (AvgIpc) is 2.89. The third kappa shape index (κ3) is 5.46. The zero-order chi connectivity index (χ0) is 17.5. The van der Waals surface area contributed by atoms with E-state index in [1.54, 1.807) is 19.1 Å². The van der Waals surface area contributed by atoms with Gasteiger partial charge in [-0.3, -0.25) is 9.00 Å². The topological polar surface area (TPSA) is 72.2 Å². The fourth-order valence-electron chi connectivity index (χ4n) is 2.08. The van der Waals surface area contributed by atoms with E-state index in [0.717, 1.165) is 18.4 Å². The van der Waals surface area contributed by atoms with Crippen molar-refractivity contribution in [1.82, 2.24) is 10.3 Å². The van der Waals surface area contributed by atoms with E-state index in [0.29, 0.717) is 28.9 Å². The molecule has 2 aromatic rings. The number of carbonyl (C=O) groups is 1. The van der Waals surface area contributed by atoms with Crippen molar-refractivity contribution >= 4 is 28.3 Å². The van der Waals surface area contributed by atoms with Crippen LogP contribution in [0.15, 0.2) is 28.7 Å². The minimum absolute atomic E-state index is 0.0215. The van der Waals surface area contributed by atoms with Crippen LogP contribution in [0, 0.1) is 6.92 Å². The van der Waals surface area contributed by atoms with Crippen molar-refractivity contribution in [3.63, 3.8) is 0 Å². The first kappa shape index (κ1) is 18.7. The van der Waals surface area contributed by atoms with Gasteiger partial charge in [-0.1, -0.05) is 24.9 Å². The molecule has 1 aromatic carbocycles. The maximum absolute atomic E-state index is 12.1. The lowest BCUT2D eigenvalue weighted by atomic mass is 10.2. The van der Waals surface area contributed by atoms with Gasteiger partial charge in [0.1, 0.15) is 11.5 Å². The molecule has 0 radical (unpaired) electrons. The summed E-state index contributed by atoms with van der Waals surface area (Å²) in [5, 5.41) is 3.40. The van der Waals surface area contributed by atoms with Crippen molar-refractivity contribution in [3.05, 3.63) is 40.7 Å². The molecule has 0 unspecified atom stereocenters. The van der Waals surface area contributed by atoms with Crippen LogP contribution in [0.25, 0.3) is 11.5 Å². The molecule has 5 nitrogen and oxygen atoms in total. The van der Waals surface area contributed by atoms with Crippen LogP contribution in [-0.2, 0) is 21.3 Å². The number of aromatic nitrogens is 1. The number of rotatable bonds is 8. The van der Waals surface area contributed by atoms with Gasteiger partial charge in [-0.25, -0.2) is 4.98 Å². The predicted molar refractivity (Wildman–Crippen MR) is 96.3 cm³/mol. The summed E-state index contributed by atoms with van der Waals surface area (Å²) in [7, 11) is -1.32. The number of nitrogens with one attached hydrogen (secondary N) is 1. The second kappa shape index (κ2) is 8.99. The number of unbranched alkanes of at least 4 members (excludes halogenated alkanes) is 1. The highest BCUT2D eigenvalue weighted by Crippen LogP contribution is 2.23.